The Morgan fingerprint density at radius 3 is 1.59 bits per heavy atom. The third-order valence-electron chi connectivity index (χ3n) is 6.61. The van der Waals surface area contributed by atoms with Gasteiger partial charge in [-0.3, -0.25) is 0 Å². The molecule has 3 heterocycles. The maximum atomic E-state index is 9.60. The molecule has 0 N–H and O–H groups in total. The van der Waals surface area contributed by atoms with Crippen molar-refractivity contribution in [3.8, 4) is 39.9 Å². The fraction of sp³-hybridized carbons (Fsp3) is 0. The summed E-state index contributed by atoms with van der Waals surface area (Å²) in [5.41, 5.74) is -3.17. The second-order valence-corrected chi connectivity index (χ2v) is 10.1. The van der Waals surface area contributed by atoms with Crippen molar-refractivity contribution >= 4 is 53.3 Å². The second-order valence-electron chi connectivity index (χ2n) is 9.07. The minimum Gasteiger partial charge on any atom is -0.308 e. The van der Waals surface area contributed by atoms with Gasteiger partial charge >= 0.3 is 0 Å². The van der Waals surface area contributed by atoms with E-state index < -0.39 is 196 Å². The van der Waals surface area contributed by atoms with E-state index in [4.69, 9.17) is 27.4 Å². The SMILES string of the molecule is [2H]c1c([2H])c([2H])c(-c2nc(-c3c([2H])c([2H])c([2H])c([2H])c3[2H])nc(-c3c([2H])c([2H])c4c(sc5c(-n6c7c([2H])c([2H])c([2H])c([2H])c7c7c([2H])c([2H])c([2H])c([2H])c76)c([2H])c([2H])c([2H])c54)c3[2H])n2)c([2H])c1[2H]. The monoisotopic (exact) mass is 604 g/mol. The van der Waals surface area contributed by atoms with Crippen molar-refractivity contribution in [2.75, 3.05) is 0 Å². The number of hydrogen-bond acceptors (Lipinski definition) is 4. The number of benzene rings is 6. The van der Waals surface area contributed by atoms with Crippen LogP contribution < -0.4 is 0 Å². The number of hydrogen-bond donors (Lipinski definition) is 0. The van der Waals surface area contributed by atoms with Crippen LogP contribution in [0.1, 0.15) is 32.9 Å². The van der Waals surface area contributed by atoms with Crippen LogP contribution in [0.3, 0.4) is 0 Å². The summed E-state index contributed by atoms with van der Waals surface area (Å²) in [5.74, 6) is -2.15. The zero-order valence-electron chi connectivity index (χ0n) is 45.7. The molecule has 0 aliphatic rings. The van der Waals surface area contributed by atoms with Gasteiger partial charge in [0.1, 0.15) is 0 Å². The molecule has 9 rings (SSSR count). The number of thiophene rings is 1. The van der Waals surface area contributed by atoms with Gasteiger partial charge in [0.2, 0.25) is 0 Å². The average molecular weight is 605 g/mol. The van der Waals surface area contributed by atoms with Crippen LogP contribution in [-0.2, 0) is 0 Å². The lowest BCUT2D eigenvalue weighted by Gasteiger charge is -2.09. The Bertz CT molecular complexity index is 3640. The van der Waals surface area contributed by atoms with E-state index in [1.807, 2.05) is 0 Å². The third kappa shape index (κ3) is 3.94. The Hall–Kier alpha value is -5.65. The first-order valence-electron chi connectivity index (χ1n) is 24.7. The van der Waals surface area contributed by atoms with Crippen molar-refractivity contribution in [3.05, 3.63) is 145 Å². The van der Waals surface area contributed by atoms with Crippen LogP contribution in [0.25, 0.3) is 81.8 Å². The number of rotatable bonds is 4. The molecule has 0 unspecified atom stereocenters. The van der Waals surface area contributed by atoms with Crippen LogP contribution in [0.15, 0.2) is 145 Å². The van der Waals surface area contributed by atoms with E-state index in [2.05, 4.69) is 15.0 Å². The molecular weight excluding hydrogens is 557 g/mol. The minimum atomic E-state index is -0.838. The molecule has 44 heavy (non-hydrogen) atoms. The standard InChI is InChI=1S/C39H24N4S/c1-3-12-25(13-4-1)37-40-38(26-14-5-2-6-15-26)42-39(41-37)27-22-23-30-31-18-11-21-34(36(31)44-35(30)24-27)43-32-19-9-7-16-28(32)29-17-8-10-20-33(29)43/h1-24H/i1D,2D,3D,4D,5D,6D,7D,8D,9D,10D,11D,12D,13D,14D,15D,16D,17D,18D,19D,20D,21D,22D,23D,24D. The van der Waals surface area contributed by atoms with Crippen LogP contribution in [0.2, 0.25) is 0 Å². The molecule has 0 radical (unpaired) electrons. The molecular formula is C39H24N4S. The molecule has 206 valence electrons. The molecule has 0 saturated carbocycles. The maximum Gasteiger partial charge on any atom is 0.164 e. The van der Waals surface area contributed by atoms with Gasteiger partial charge in [-0.15, -0.1) is 11.3 Å². The molecule has 0 amide bonds. The van der Waals surface area contributed by atoms with E-state index in [0.717, 1.165) is 4.57 Å². The van der Waals surface area contributed by atoms with Gasteiger partial charge in [-0.2, -0.15) is 0 Å². The Morgan fingerprint density at radius 2 is 0.977 bits per heavy atom. The Balaban J connectivity index is 1.46. The van der Waals surface area contributed by atoms with Gasteiger partial charge in [-0.25, -0.2) is 15.0 Å². The molecule has 9 aromatic rings. The van der Waals surface area contributed by atoms with E-state index in [1.54, 1.807) is 0 Å². The highest BCUT2D eigenvalue weighted by atomic mass is 32.1. The second kappa shape index (κ2) is 9.97. The van der Waals surface area contributed by atoms with E-state index in [0.29, 0.717) is 11.3 Å². The fourth-order valence-electron chi connectivity index (χ4n) is 4.75. The first kappa shape index (κ1) is 10.8. The molecule has 0 aliphatic carbocycles. The van der Waals surface area contributed by atoms with Gasteiger partial charge in [0.15, 0.2) is 17.5 Å². The summed E-state index contributed by atoms with van der Waals surface area (Å²) in [4.78, 5) is 12.8. The highest BCUT2D eigenvalue weighted by molar-refractivity contribution is 7.26. The Labute approximate surface area is 291 Å². The van der Waals surface area contributed by atoms with Crippen molar-refractivity contribution in [3.63, 3.8) is 0 Å². The molecule has 3 aromatic heterocycles. The Morgan fingerprint density at radius 1 is 0.455 bits per heavy atom. The van der Waals surface area contributed by atoms with Crippen molar-refractivity contribution in [2.24, 2.45) is 0 Å². The molecule has 4 nitrogen and oxygen atoms in total. The summed E-state index contributed by atoms with van der Waals surface area (Å²) in [7, 11) is 0. The van der Waals surface area contributed by atoms with Crippen LogP contribution in [-0.4, -0.2) is 19.5 Å². The quantitative estimate of drug-likeness (QED) is 0.201. The molecule has 0 spiro atoms. The predicted molar refractivity (Wildman–Crippen MR) is 183 cm³/mol. The molecule has 0 saturated heterocycles. The molecule has 0 atom stereocenters. The van der Waals surface area contributed by atoms with Crippen molar-refractivity contribution in [1.29, 1.82) is 0 Å². The number of fused-ring (bicyclic) bond motifs is 6. The normalized spacial score (nSPS) is 19.3. The highest BCUT2D eigenvalue weighted by Gasteiger charge is 2.17. The van der Waals surface area contributed by atoms with Crippen molar-refractivity contribution in [2.45, 2.75) is 0 Å². The average Bonchev–Trinajstić information content (AvgIpc) is 3.88. The summed E-state index contributed by atoms with van der Waals surface area (Å²) < 4.78 is 210. The van der Waals surface area contributed by atoms with E-state index in [9.17, 15) is 5.48 Å². The minimum absolute atomic E-state index is 0.196. The van der Waals surface area contributed by atoms with E-state index >= 15 is 0 Å². The van der Waals surface area contributed by atoms with Gasteiger partial charge < -0.3 is 4.57 Å². The lowest BCUT2D eigenvalue weighted by atomic mass is 10.1. The predicted octanol–water partition coefficient (Wildman–Crippen LogP) is 10.3. The van der Waals surface area contributed by atoms with Gasteiger partial charge in [0, 0.05) is 42.9 Å². The molecule has 0 fully saturated rings. The molecule has 0 aliphatic heterocycles. The smallest absolute Gasteiger partial charge is 0.164 e. The van der Waals surface area contributed by atoms with Crippen LogP contribution in [0.5, 0.6) is 0 Å². The molecule has 6 aromatic carbocycles. The van der Waals surface area contributed by atoms with E-state index in [1.165, 1.54) is 0 Å². The zero-order valence-corrected chi connectivity index (χ0v) is 22.5. The topological polar surface area (TPSA) is 43.6 Å². The molecule has 5 heteroatoms. The number of aromatic nitrogens is 4. The fourth-order valence-corrected chi connectivity index (χ4v) is 5.86. The number of para-hydroxylation sites is 2. The highest BCUT2D eigenvalue weighted by Crippen LogP contribution is 2.41. The number of nitrogens with zero attached hydrogens (tertiary/aromatic N) is 4. The first-order valence-corrected chi connectivity index (χ1v) is 13.5. The summed E-state index contributed by atoms with van der Waals surface area (Å²) in [6.45, 7) is 0. The van der Waals surface area contributed by atoms with Gasteiger partial charge in [-0.05, 0) is 24.2 Å². The van der Waals surface area contributed by atoms with Gasteiger partial charge in [-0.1, -0.05) is 121 Å². The first-order chi connectivity index (χ1) is 31.8. The zero-order chi connectivity index (χ0) is 49.9. The van der Waals surface area contributed by atoms with Crippen LogP contribution in [0.4, 0.5) is 0 Å². The largest absolute Gasteiger partial charge is 0.308 e. The lowest BCUT2D eigenvalue weighted by Crippen LogP contribution is -1.99. The third-order valence-corrected chi connectivity index (χ3v) is 7.72. The van der Waals surface area contributed by atoms with Gasteiger partial charge in [0.05, 0.1) is 54.3 Å². The summed E-state index contributed by atoms with van der Waals surface area (Å²) in [5, 5.41) is -1.32. The van der Waals surface area contributed by atoms with Crippen molar-refractivity contribution in [1.82, 2.24) is 19.5 Å². The summed E-state index contributed by atoms with van der Waals surface area (Å²) >= 11 is 0.605. The van der Waals surface area contributed by atoms with Gasteiger partial charge in [0.25, 0.3) is 0 Å². The Kier molecular flexibility index (Phi) is 2.45. The summed E-state index contributed by atoms with van der Waals surface area (Å²) in [6, 6.07) is -18.6. The van der Waals surface area contributed by atoms with Crippen LogP contribution >= 0.6 is 11.3 Å². The van der Waals surface area contributed by atoms with Crippen LogP contribution in [0, 0.1) is 0 Å². The summed E-state index contributed by atoms with van der Waals surface area (Å²) in [6.07, 6.45) is 0. The van der Waals surface area contributed by atoms with Crippen molar-refractivity contribution < 1.29 is 32.9 Å². The molecule has 0 bridgehead atoms. The maximum absolute atomic E-state index is 9.60. The lowest BCUT2D eigenvalue weighted by molar-refractivity contribution is 1.07. The van der Waals surface area contributed by atoms with E-state index in [-0.39, 0.29) is 30.9 Å².